The summed E-state index contributed by atoms with van der Waals surface area (Å²) in [4.78, 5) is 27.9. The molecule has 7 heteroatoms. The van der Waals surface area contributed by atoms with Crippen molar-refractivity contribution in [3.63, 3.8) is 0 Å². The first-order valence-electron chi connectivity index (χ1n) is 7.56. The Morgan fingerprint density at radius 3 is 2.14 bits per heavy atom. The minimum Gasteiger partial charge on any atom is -0.343 e. The summed E-state index contributed by atoms with van der Waals surface area (Å²) >= 11 is 0. The Kier molecular flexibility index (Phi) is 4.60. The molecule has 0 bridgehead atoms. The first-order chi connectivity index (χ1) is 9.80. The number of carbonyl (C=O) groups excluding carboxylic acids is 2. The van der Waals surface area contributed by atoms with E-state index in [1.807, 2.05) is 13.8 Å². The molecule has 1 saturated carbocycles. The van der Waals surface area contributed by atoms with Crippen LogP contribution >= 0.6 is 0 Å². The van der Waals surface area contributed by atoms with E-state index in [1.54, 1.807) is 16.8 Å². The van der Waals surface area contributed by atoms with Gasteiger partial charge in [0, 0.05) is 26.2 Å². The van der Waals surface area contributed by atoms with Crippen LogP contribution in [-0.2, 0) is 19.4 Å². The molecule has 0 spiro atoms. The lowest BCUT2D eigenvalue weighted by Gasteiger charge is -2.24. The monoisotopic (exact) mass is 316 g/mol. The Hall–Kier alpha value is -1.11. The molecule has 2 amide bonds. The quantitative estimate of drug-likeness (QED) is 0.723. The van der Waals surface area contributed by atoms with E-state index >= 15 is 0 Å². The third-order valence-electron chi connectivity index (χ3n) is 4.60. The zero-order valence-electron chi connectivity index (χ0n) is 12.9. The van der Waals surface area contributed by atoms with Crippen molar-refractivity contribution in [3.8, 4) is 0 Å². The minimum atomic E-state index is -3.00. The van der Waals surface area contributed by atoms with Gasteiger partial charge in [-0.2, -0.15) is 0 Å². The molecule has 2 aliphatic rings. The second-order valence-electron chi connectivity index (χ2n) is 5.97. The van der Waals surface area contributed by atoms with Gasteiger partial charge in [0.05, 0.1) is 23.3 Å². The first-order valence-corrected chi connectivity index (χ1v) is 9.38. The molecule has 1 saturated heterocycles. The maximum absolute atomic E-state index is 12.4. The zero-order valence-corrected chi connectivity index (χ0v) is 13.7. The van der Waals surface area contributed by atoms with Gasteiger partial charge in [0.15, 0.2) is 9.84 Å². The van der Waals surface area contributed by atoms with Crippen LogP contribution < -0.4 is 0 Å². The molecular weight excluding hydrogens is 292 g/mol. The molecule has 2 rings (SSSR count). The third-order valence-corrected chi connectivity index (χ3v) is 6.35. The number of amides is 2. The largest absolute Gasteiger partial charge is 0.343 e. The van der Waals surface area contributed by atoms with Crippen LogP contribution in [0, 0.1) is 11.8 Å². The van der Waals surface area contributed by atoms with E-state index in [4.69, 9.17) is 0 Å². The Bertz CT molecular complexity index is 527. The van der Waals surface area contributed by atoms with Crippen LogP contribution in [0.4, 0.5) is 0 Å². The topological polar surface area (TPSA) is 74.8 Å². The Morgan fingerprint density at radius 1 is 1.10 bits per heavy atom. The fourth-order valence-corrected chi connectivity index (χ4v) is 4.81. The van der Waals surface area contributed by atoms with E-state index in [1.165, 1.54) is 0 Å². The highest BCUT2D eigenvalue weighted by Crippen LogP contribution is 2.41. The smallest absolute Gasteiger partial charge is 0.226 e. The van der Waals surface area contributed by atoms with Gasteiger partial charge in [0.25, 0.3) is 0 Å². The fourth-order valence-electron chi connectivity index (χ4n) is 3.03. The molecule has 3 unspecified atom stereocenters. The summed E-state index contributed by atoms with van der Waals surface area (Å²) in [7, 11) is -1.34. The van der Waals surface area contributed by atoms with Gasteiger partial charge in [0.2, 0.25) is 11.8 Å². The van der Waals surface area contributed by atoms with Gasteiger partial charge in [-0.05, 0) is 26.7 Å². The molecule has 2 fully saturated rings. The molecule has 3 atom stereocenters. The third kappa shape index (κ3) is 3.39. The van der Waals surface area contributed by atoms with Gasteiger partial charge in [-0.1, -0.05) is 0 Å². The Balaban J connectivity index is 1.92. The lowest BCUT2D eigenvalue weighted by Crippen LogP contribution is -2.40. The minimum absolute atomic E-state index is 0.0470. The zero-order chi connectivity index (χ0) is 15.8. The predicted octanol–water partition coefficient (Wildman–Crippen LogP) is 0.136. The van der Waals surface area contributed by atoms with E-state index in [9.17, 15) is 18.0 Å². The molecule has 120 valence electrons. The molecule has 6 nitrogen and oxygen atoms in total. The average molecular weight is 316 g/mol. The number of hydrogen-bond donors (Lipinski definition) is 0. The van der Waals surface area contributed by atoms with Crippen molar-refractivity contribution in [1.29, 1.82) is 0 Å². The molecule has 0 aromatic heterocycles. The summed E-state index contributed by atoms with van der Waals surface area (Å²) < 4.78 is 23.0. The fraction of sp³-hybridized carbons (Fsp3) is 0.857. The summed E-state index contributed by atoms with van der Waals surface area (Å²) in [5.41, 5.74) is 0. The maximum atomic E-state index is 12.4. The Morgan fingerprint density at radius 2 is 1.67 bits per heavy atom. The van der Waals surface area contributed by atoms with E-state index in [0.29, 0.717) is 25.9 Å². The van der Waals surface area contributed by atoms with Crippen molar-refractivity contribution in [3.05, 3.63) is 0 Å². The highest BCUT2D eigenvalue weighted by Gasteiger charge is 2.51. The van der Waals surface area contributed by atoms with E-state index < -0.39 is 9.84 Å². The number of rotatable bonds is 5. The SMILES string of the molecule is CCN(CC)C(=O)C1CC1C(=O)N(C)C1CCS(=O)(=O)C1. The van der Waals surface area contributed by atoms with Crippen molar-refractivity contribution in [1.82, 2.24) is 9.80 Å². The van der Waals surface area contributed by atoms with Crippen LogP contribution in [-0.4, -0.2) is 67.7 Å². The molecule has 21 heavy (non-hydrogen) atoms. The molecule has 1 aliphatic heterocycles. The van der Waals surface area contributed by atoms with Crippen molar-refractivity contribution in [2.45, 2.75) is 32.7 Å². The lowest BCUT2D eigenvalue weighted by molar-refractivity contribution is -0.138. The predicted molar refractivity (Wildman–Crippen MR) is 79.4 cm³/mol. The van der Waals surface area contributed by atoms with Gasteiger partial charge >= 0.3 is 0 Å². The number of sulfone groups is 1. The molecule has 0 N–H and O–H groups in total. The highest BCUT2D eigenvalue weighted by molar-refractivity contribution is 7.91. The van der Waals surface area contributed by atoms with Crippen LogP contribution in [0.3, 0.4) is 0 Å². The van der Waals surface area contributed by atoms with Crippen molar-refractivity contribution < 1.29 is 18.0 Å². The summed E-state index contributed by atoms with van der Waals surface area (Å²) in [5, 5.41) is 0. The number of carbonyl (C=O) groups is 2. The summed E-state index contributed by atoms with van der Waals surface area (Å²) in [6.45, 7) is 5.17. The van der Waals surface area contributed by atoms with Crippen LogP contribution in [0.2, 0.25) is 0 Å². The number of nitrogens with zero attached hydrogens (tertiary/aromatic N) is 2. The van der Waals surface area contributed by atoms with Crippen LogP contribution in [0.5, 0.6) is 0 Å². The van der Waals surface area contributed by atoms with Crippen molar-refractivity contribution >= 4 is 21.7 Å². The molecule has 1 aliphatic carbocycles. The second kappa shape index (κ2) is 5.94. The van der Waals surface area contributed by atoms with Crippen molar-refractivity contribution in [2.75, 3.05) is 31.6 Å². The first kappa shape index (κ1) is 16.3. The van der Waals surface area contributed by atoms with Crippen LogP contribution in [0.1, 0.15) is 26.7 Å². The van der Waals surface area contributed by atoms with E-state index in [-0.39, 0.29) is 41.2 Å². The molecule has 0 radical (unpaired) electrons. The number of hydrogen-bond acceptors (Lipinski definition) is 4. The summed E-state index contributed by atoms with van der Waals surface area (Å²) in [5.74, 6) is -0.295. The molecule has 0 aromatic carbocycles. The van der Waals surface area contributed by atoms with Gasteiger partial charge in [-0.3, -0.25) is 9.59 Å². The second-order valence-corrected chi connectivity index (χ2v) is 8.19. The normalized spacial score (nSPS) is 30.0. The lowest BCUT2D eigenvalue weighted by atomic mass is 10.2. The summed E-state index contributed by atoms with van der Waals surface area (Å²) in [6.07, 6.45) is 1.10. The van der Waals surface area contributed by atoms with E-state index in [2.05, 4.69) is 0 Å². The Labute approximate surface area is 126 Å². The average Bonchev–Trinajstić information content (AvgIpc) is 3.16. The maximum Gasteiger partial charge on any atom is 0.226 e. The summed E-state index contributed by atoms with van der Waals surface area (Å²) in [6, 6.07) is -0.229. The van der Waals surface area contributed by atoms with Crippen LogP contribution in [0.25, 0.3) is 0 Å². The van der Waals surface area contributed by atoms with E-state index in [0.717, 1.165) is 0 Å². The van der Waals surface area contributed by atoms with Gasteiger partial charge in [-0.15, -0.1) is 0 Å². The molecule has 0 aromatic rings. The van der Waals surface area contributed by atoms with Gasteiger partial charge < -0.3 is 9.80 Å². The van der Waals surface area contributed by atoms with Crippen LogP contribution in [0.15, 0.2) is 0 Å². The molecule has 1 heterocycles. The van der Waals surface area contributed by atoms with Gasteiger partial charge in [0.1, 0.15) is 0 Å². The van der Waals surface area contributed by atoms with Gasteiger partial charge in [-0.25, -0.2) is 8.42 Å². The molecular formula is C14H24N2O4S. The highest BCUT2D eigenvalue weighted by atomic mass is 32.2. The standard InChI is InChI=1S/C14H24N2O4S/c1-4-16(5-2)14(18)12-8-11(12)13(17)15(3)10-6-7-21(19,20)9-10/h10-12H,4-9H2,1-3H3. The van der Waals surface area contributed by atoms with Crippen molar-refractivity contribution in [2.24, 2.45) is 11.8 Å².